The van der Waals surface area contributed by atoms with Crippen LogP contribution in [0.25, 0.3) is 0 Å². The molecule has 2 aromatic rings. The Bertz CT molecular complexity index is 1050. The van der Waals surface area contributed by atoms with E-state index in [1.165, 1.54) is 18.2 Å². The highest BCUT2D eigenvalue weighted by Gasteiger charge is 2.59. The fourth-order valence-electron chi connectivity index (χ4n) is 5.20. The molecule has 2 saturated heterocycles. The van der Waals surface area contributed by atoms with Crippen LogP contribution >= 0.6 is 35.0 Å². The van der Waals surface area contributed by atoms with Gasteiger partial charge in [-0.25, -0.2) is 19.9 Å². The highest BCUT2D eigenvalue weighted by atomic mass is 35.5. The minimum Gasteiger partial charge on any atom is -0.353 e. The number of rotatable bonds is 3. The molecule has 1 spiro atoms. The molecule has 1 N–H and O–H groups in total. The van der Waals surface area contributed by atoms with E-state index in [4.69, 9.17) is 27.9 Å². The van der Waals surface area contributed by atoms with E-state index in [2.05, 4.69) is 30.2 Å². The second-order valence-corrected chi connectivity index (χ2v) is 10.0. The second kappa shape index (κ2) is 8.68. The fourth-order valence-corrected chi connectivity index (χ4v) is 6.09. The van der Waals surface area contributed by atoms with E-state index in [1.54, 1.807) is 19.3 Å². The monoisotopic (exact) mass is 494 g/mol. The number of piperazine rings is 1. The predicted octanol–water partition coefficient (Wildman–Crippen LogP) is 3.88. The molecule has 3 fully saturated rings. The molecule has 11 heteroatoms. The Labute approximate surface area is 200 Å². The Balaban J connectivity index is 1.64. The Hall–Kier alpha value is -1.52. The summed E-state index contributed by atoms with van der Waals surface area (Å²) in [4.78, 5) is 32.9. The van der Waals surface area contributed by atoms with E-state index in [0.29, 0.717) is 33.8 Å². The number of nitrogens with one attached hydrogen (secondary N) is 1. The number of carbonyl (C=O) groups excluding carboxylic acids is 1. The van der Waals surface area contributed by atoms with Crippen molar-refractivity contribution in [2.45, 2.75) is 68.1 Å². The molecule has 1 aliphatic carbocycles. The van der Waals surface area contributed by atoms with Gasteiger partial charge in [0.2, 0.25) is 5.91 Å². The summed E-state index contributed by atoms with van der Waals surface area (Å²) < 4.78 is 6.58. The van der Waals surface area contributed by atoms with Gasteiger partial charge in [0.25, 0.3) is 0 Å². The summed E-state index contributed by atoms with van der Waals surface area (Å²) in [6, 6.07) is -0.578. The maximum atomic E-state index is 13.3. The van der Waals surface area contributed by atoms with Gasteiger partial charge in [-0.15, -0.1) is 0 Å². The number of fused-ring (bicyclic) bond motifs is 2. The Morgan fingerprint density at radius 3 is 2.53 bits per heavy atom. The van der Waals surface area contributed by atoms with Crippen molar-refractivity contribution in [1.29, 1.82) is 0 Å². The lowest BCUT2D eigenvalue weighted by Crippen LogP contribution is -2.67. The Morgan fingerprint density at radius 1 is 1.12 bits per heavy atom. The molecular weight excluding hydrogens is 471 g/mol. The average Bonchev–Trinajstić information content (AvgIpc) is 3.19. The smallest absolute Gasteiger partial charge is 0.240 e. The van der Waals surface area contributed by atoms with Gasteiger partial charge in [0.05, 0.1) is 5.56 Å². The van der Waals surface area contributed by atoms with Crippen LogP contribution in [0.15, 0.2) is 17.6 Å². The zero-order valence-electron chi connectivity index (χ0n) is 17.8. The Morgan fingerprint density at radius 2 is 1.84 bits per heavy atom. The molecule has 4 heterocycles. The maximum absolute atomic E-state index is 13.3. The summed E-state index contributed by atoms with van der Waals surface area (Å²) in [6.07, 6.45) is 9.36. The number of ether oxygens (including phenoxy) is 1. The van der Waals surface area contributed by atoms with Crippen LogP contribution in [0.3, 0.4) is 0 Å². The highest BCUT2D eigenvalue weighted by Crippen LogP contribution is 2.52. The van der Waals surface area contributed by atoms with Crippen molar-refractivity contribution in [3.05, 3.63) is 39.7 Å². The first-order valence-electron chi connectivity index (χ1n) is 10.7. The highest BCUT2D eigenvalue weighted by molar-refractivity contribution is 7.98. The lowest BCUT2D eigenvalue weighted by molar-refractivity contribution is -0.138. The Kier molecular flexibility index (Phi) is 6.05. The molecule has 0 radical (unpaired) electrons. The standard InChI is InChI=1S/C21H24Cl2N6O2S/c1-11-24-9-13(17(23)27-11)19-29-14(18(30)26-10-21(29)6-4-3-5-7-21)15(31-19)12-8-25-20(32-2)28-16(12)22/h8-9,14-15,19H,3-7,10H2,1-2H3,(H,26,30). The van der Waals surface area contributed by atoms with Crippen LogP contribution in [0, 0.1) is 6.92 Å². The lowest BCUT2D eigenvalue weighted by Gasteiger charge is -2.51. The molecule has 0 bridgehead atoms. The zero-order chi connectivity index (χ0) is 22.5. The van der Waals surface area contributed by atoms with Gasteiger partial charge in [0.1, 0.15) is 34.5 Å². The van der Waals surface area contributed by atoms with Crippen molar-refractivity contribution in [1.82, 2.24) is 30.2 Å². The predicted molar refractivity (Wildman–Crippen MR) is 122 cm³/mol. The number of nitrogens with zero attached hydrogens (tertiary/aromatic N) is 5. The van der Waals surface area contributed by atoms with E-state index in [1.807, 2.05) is 6.26 Å². The van der Waals surface area contributed by atoms with Crippen LogP contribution in [0.1, 0.15) is 61.4 Å². The maximum Gasteiger partial charge on any atom is 0.240 e. The normalized spacial score (nSPS) is 27.4. The van der Waals surface area contributed by atoms with Crippen molar-refractivity contribution in [3.63, 3.8) is 0 Å². The van der Waals surface area contributed by atoms with Crippen LogP contribution in [0.2, 0.25) is 10.3 Å². The number of amides is 1. The number of hydrogen-bond donors (Lipinski definition) is 1. The molecule has 1 amide bonds. The van der Waals surface area contributed by atoms with E-state index >= 15 is 0 Å². The molecule has 3 aliphatic rings. The summed E-state index contributed by atoms with van der Waals surface area (Å²) in [6.45, 7) is 2.37. The van der Waals surface area contributed by atoms with Gasteiger partial charge in [-0.2, -0.15) is 0 Å². The molecule has 170 valence electrons. The zero-order valence-corrected chi connectivity index (χ0v) is 20.2. The van der Waals surface area contributed by atoms with Gasteiger partial charge >= 0.3 is 0 Å². The molecule has 32 heavy (non-hydrogen) atoms. The first kappa shape index (κ1) is 22.3. The van der Waals surface area contributed by atoms with Crippen LogP contribution in [-0.4, -0.2) is 55.1 Å². The van der Waals surface area contributed by atoms with Crippen molar-refractivity contribution in [3.8, 4) is 0 Å². The number of hydrogen-bond acceptors (Lipinski definition) is 8. The number of aromatic nitrogens is 4. The molecule has 2 aliphatic heterocycles. The SMILES string of the molecule is CSc1ncc(C2OC(c3cnc(C)nc3Cl)N3C2C(=O)NCC32CCCCC2)c(Cl)n1. The fraction of sp³-hybridized carbons (Fsp3) is 0.571. The third-order valence-electron chi connectivity index (χ3n) is 6.70. The number of aryl methyl sites for hydroxylation is 1. The van der Waals surface area contributed by atoms with Crippen LogP contribution in [-0.2, 0) is 9.53 Å². The van der Waals surface area contributed by atoms with E-state index < -0.39 is 18.4 Å². The third-order valence-corrected chi connectivity index (χ3v) is 7.86. The van der Waals surface area contributed by atoms with Crippen LogP contribution < -0.4 is 5.32 Å². The number of carbonyl (C=O) groups is 1. The topological polar surface area (TPSA) is 93.1 Å². The first-order chi connectivity index (χ1) is 15.4. The van der Waals surface area contributed by atoms with Crippen LogP contribution in [0.5, 0.6) is 0 Å². The number of thioether (sulfide) groups is 1. The van der Waals surface area contributed by atoms with E-state index in [0.717, 1.165) is 25.7 Å². The van der Waals surface area contributed by atoms with Crippen LogP contribution in [0.4, 0.5) is 0 Å². The largest absolute Gasteiger partial charge is 0.353 e. The third kappa shape index (κ3) is 3.68. The van der Waals surface area contributed by atoms with Gasteiger partial charge in [-0.3, -0.25) is 9.69 Å². The first-order valence-corrected chi connectivity index (χ1v) is 12.7. The summed E-state index contributed by atoms with van der Waals surface area (Å²) in [5.74, 6) is 0.487. The number of halogens is 2. The summed E-state index contributed by atoms with van der Waals surface area (Å²) >= 11 is 14.5. The molecule has 8 nitrogen and oxygen atoms in total. The summed E-state index contributed by atoms with van der Waals surface area (Å²) in [5.41, 5.74) is 1.02. The minimum absolute atomic E-state index is 0.0946. The van der Waals surface area contributed by atoms with Crippen molar-refractivity contribution in [2.75, 3.05) is 12.8 Å². The molecule has 2 aromatic heterocycles. The molecule has 3 unspecified atom stereocenters. The van der Waals surface area contributed by atoms with Gasteiger partial charge in [-0.1, -0.05) is 54.2 Å². The van der Waals surface area contributed by atoms with Gasteiger partial charge < -0.3 is 10.1 Å². The van der Waals surface area contributed by atoms with Gasteiger partial charge in [0, 0.05) is 30.0 Å². The quantitative estimate of drug-likeness (QED) is 0.390. The summed E-state index contributed by atoms with van der Waals surface area (Å²) in [5, 5.41) is 4.33. The molecule has 1 saturated carbocycles. The minimum atomic E-state index is -0.639. The van der Waals surface area contributed by atoms with E-state index in [-0.39, 0.29) is 16.6 Å². The lowest BCUT2D eigenvalue weighted by atomic mass is 9.77. The average molecular weight is 495 g/mol. The molecule has 0 aromatic carbocycles. The molecular formula is C21H24Cl2N6O2S. The van der Waals surface area contributed by atoms with E-state index in [9.17, 15) is 4.79 Å². The molecule has 3 atom stereocenters. The van der Waals surface area contributed by atoms with Crippen molar-refractivity contribution in [2.24, 2.45) is 0 Å². The van der Waals surface area contributed by atoms with Gasteiger partial charge in [0.15, 0.2) is 5.16 Å². The molecule has 5 rings (SSSR count). The van der Waals surface area contributed by atoms with Gasteiger partial charge in [-0.05, 0) is 26.0 Å². The van der Waals surface area contributed by atoms with Crippen molar-refractivity contribution >= 4 is 40.9 Å². The van der Waals surface area contributed by atoms with Crippen molar-refractivity contribution < 1.29 is 9.53 Å². The summed E-state index contributed by atoms with van der Waals surface area (Å²) in [7, 11) is 0. The second-order valence-electron chi connectivity index (χ2n) is 8.53.